The molecule has 2 aromatic rings. The van der Waals surface area contributed by atoms with Crippen LogP contribution >= 0.6 is 28.6 Å². The lowest BCUT2D eigenvalue weighted by atomic mass is 10.1. The molecule has 1 radical (unpaired) electrons. The second kappa shape index (κ2) is 6.60. The Morgan fingerprint density at radius 3 is 2.58 bits per heavy atom. The van der Waals surface area contributed by atoms with Gasteiger partial charge < -0.3 is 4.74 Å². The van der Waals surface area contributed by atoms with E-state index in [9.17, 15) is 0 Å². The minimum absolute atomic E-state index is 0.396. The van der Waals surface area contributed by atoms with Crippen molar-refractivity contribution in [1.82, 2.24) is 0 Å². The van der Waals surface area contributed by atoms with Gasteiger partial charge in [-0.3, -0.25) is 0 Å². The van der Waals surface area contributed by atoms with Crippen LogP contribution in [0.4, 0.5) is 0 Å². The predicted octanol–water partition coefficient (Wildman–Crippen LogP) is 5.07. The average Bonchev–Trinajstić information content (AvgIpc) is 2.42. The van der Waals surface area contributed by atoms with Crippen LogP contribution < -0.4 is 4.74 Å². The van der Waals surface area contributed by atoms with Gasteiger partial charge in [-0.05, 0) is 42.8 Å². The number of rotatable bonds is 3. The van der Waals surface area contributed by atoms with E-state index in [1.165, 1.54) is 0 Å². The first-order valence-electron chi connectivity index (χ1n) is 5.80. The first-order chi connectivity index (χ1) is 9.20. The molecule has 0 saturated carbocycles. The van der Waals surface area contributed by atoms with Crippen molar-refractivity contribution in [3.8, 4) is 28.7 Å². The lowest BCUT2D eigenvalue weighted by Gasteiger charge is -2.08. The summed E-state index contributed by atoms with van der Waals surface area (Å²) in [6.07, 6.45) is 0. The Morgan fingerprint density at radius 2 is 1.89 bits per heavy atom. The third-order valence-corrected chi connectivity index (χ3v) is 3.48. The Kier molecular flexibility index (Phi) is 4.84. The van der Waals surface area contributed by atoms with Crippen LogP contribution in [0.3, 0.4) is 0 Å². The Balaban J connectivity index is 2.30. The maximum absolute atomic E-state index is 5.56. The first kappa shape index (κ1) is 13.9. The fourth-order valence-corrected chi connectivity index (χ4v) is 2.15. The van der Waals surface area contributed by atoms with Gasteiger partial charge in [0.2, 0.25) is 0 Å². The summed E-state index contributed by atoms with van der Waals surface area (Å²) in [5, 5.41) is 0. The van der Waals surface area contributed by atoms with E-state index in [4.69, 9.17) is 17.4 Å². The molecule has 0 bridgehead atoms. The van der Waals surface area contributed by atoms with Gasteiger partial charge in [0.15, 0.2) is 0 Å². The summed E-state index contributed by atoms with van der Waals surface area (Å²) < 4.78 is 6.61. The first-order valence-corrected chi connectivity index (χ1v) is 7.00. The summed E-state index contributed by atoms with van der Waals surface area (Å²) in [5.74, 6) is 6.46. The van der Waals surface area contributed by atoms with E-state index in [2.05, 4.69) is 27.8 Å². The Morgan fingerprint density at radius 1 is 1.16 bits per heavy atom. The fourth-order valence-electron chi connectivity index (χ4n) is 1.65. The molecule has 2 rings (SSSR count). The van der Waals surface area contributed by atoms with Crippen LogP contribution in [-0.4, -0.2) is 6.61 Å². The Labute approximate surface area is 127 Å². The van der Waals surface area contributed by atoms with Crippen LogP contribution in [-0.2, 0) is 0 Å². The van der Waals surface area contributed by atoms with E-state index in [0.29, 0.717) is 6.61 Å². The molecule has 95 valence electrons. The summed E-state index contributed by atoms with van der Waals surface area (Å²) in [6.45, 7) is 2.19. The monoisotopic (exact) mass is 331 g/mol. The summed E-state index contributed by atoms with van der Waals surface area (Å²) in [5.41, 5.74) is 2.09. The smallest absolute Gasteiger partial charge is 0.149 e. The van der Waals surface area contributed by atoms with Gasteiger partial charge in [-0.15, -0.1) is 5.92 Å². The summed E-state index contributed by atoms with van der Waals surface area (Å²) >= 11 is 8.79. The number of ether oxygens (including phenoxy) is 1. The molecule has 0 unspecified atom stereocenters. The van der Waals surface area contributed by atoms with Crippen molar-refractivity contribution in [2.24, 2.45) is 0 Å². The zero-order valence-electron chi connectivity index (χ0n) is 10.4. The van der Waals surface area contributed by atoms with Crippen molar-refractivity contribution in [3.05, 3.63) is 46.9 Å². The molecule has 2 aromatic carbocycles. The average molecular weight is 332 g/mol. The molecule has 0 aliphatic heterocycles. The highest BCUT2D eigenvalue weighted by molar-refractivity contribution is 9.10. The van der Waals surface area contributed by atoms with Crippen LogP contribution in [0.5, 0.6) is 5.75 Å². The molecule has 0 fully saturated rings. The maximum Gasteiger partial charge on any atom is 0.149 e. The third kappa shape index (κ3) is 3.73. The van der Waals surface area contributed by atoms with Crippen molar-refractivity contribution in [1.29, 1.82) is 0 Å². The highest BCUT2D eigenvalue weighted by Gasteiger charge is 2.05. The van der Waals surface area contributed by atoms with Gasteiger partial charge in [-0.25, -0.2) is 0 Å². The SMILES string of the molecule is CC#CCOc1ccc([S])c(-c2ccc(Br)cc2)c1. The number of hydrogen-bond donors (Lipinski definition) is 0. The van der Waals surface area contributed by atoms with Crippen LogP contribution in [0.25, 0.3) is 11.1 Å². The van der Waals surface area contributed by atoms with Crippen LogP contribution in [0.15, 0.2) is 51.8 Å². The van der Waals surface area contributed by atoms with Gasteiger partial charge in [0.25, 0.3) is 0 Å². The minimum Gasteiger partial charge on any atom is -0.481 e. The summed E-state index contributed by atoms with van der Waals surface area (Å²) in [7, 11) is 0. The number of hydrogen-bond acceptors (Lipinski definition) is 1. The van der Waals surface area contributed by atoms with E-state index < -0.39 is 0 Å². The van der Waals surface area contributed by atoms with Crippen molar-refractivity contribution in [3.63, 3.8) is 0 Å². The van der Waals surface area contributed by atoms with Crippen molar-refractivity contribution in [2.75, 3.05) is 6.61 Å². The number of benzene rings is 2. The largest absolute Gasteiger partial charge is 0.481 e. The van der Waals surface area contributed by atoms with E-state index in [0.717, 1.165) is 26.2 Å². The second-order valence-corrected chi connectivity index (χ2v) is 5.24. The Hall–Kier alpha value is -1.50. The quantitative estimate of drug-likeness (QED) is 0.713. The predicted molar refractivity (Wildman–Crippen MR) is 84.4 cm³/mol. The van der Waals surface area contributed by atoms with E-state index in [1.807, 2.05) is 42.5 Å². The Bertz CT molecular complexity index is 623. The lowest BCUT2D eigenvalue weighted by Crippen LogP contribution is -1.94. The van der Waals surface area contributed by atoms with Gasteiger partial charge in [-0.2, -0.15) is 0 Å². The van der Waals surface area contributed by atoms with Crippen LogP contribution in [0.2, 0.25) is 0 Å². The van der Waals surface area contributed by atoms with Crippen molar-refractivity contribution < 1.29 is 4.74 Å². The normalized spacial score (nSPS) is 9.58. The summed E-state index contributed by atoms with van der Waals surface area (Å²) in [4.78, 5) is 0.816. The molecule has 19 heavy (non-hydrogen) atoms. The molecule has 0 aliphatic carbocycles. The zero-order valence-corrected chi connectivity index (χ0v) is 12.8. The molecule has 1 nitrogen and oxygen atoms in total. The van der Waals surface area contributed by atoms with Crippen molar-refractivity contribution in [2.45, 2.75) is 11.8 Å². The van der Waals surface area contributed by atoms with Gasteiger partial charge in [0, 0.05) is 14.9 Å². The van der Waals surface area contributed by atoms with Crippen LogP contribution in [0.1, 0.15) is 6.92 Å². The molecule has 0 saturated heterocycles. The molecule has 0 aliphatic rings. The molecular formula is C16H12BrOS. The van der Waals surface area contributed by atoms with E-state index in [1.54, 1.807) is 6.92 Å². The fraction of sp³-hybridized carbons (Fsp3) is 0.125. The molecule has 0 amide bonds. The number of halogens is 1. The van der Waals surface area contributed by atoms with Gasteiger partial charge in [-0.1, -0.05) is 46.6 Å². The zero-order chi connectivity index (χ0) is 13.7. The second-order valence-electron chi connectivity index (χ2n) is 3.88. The van der Waals surface area contributed by atoms with E-state index in [-0.39, 0.29) is 0 Å². The summed E-state index contributed by atoms with van der Waals surface area (Å²) in [6, 6.07) is 13.8. The molecule has 0 N–H and O–H groups in total. The standard InChI is InChI=1S/C16H12BrOS/c1-2-3-10-18-14-8-9-16(19)15(11-14)12-4-6-13(17)7-5-12/h4-9,11H,10H2,1H3. The third-order valence-electron chi connectivity index (χ3n) is 2.59. The van der Waals surface area contributed by atoms with E-state index >= 15 is 0 Å². The van der Waals surface area contributed by atoms with Gasteiger partial charge in [0.1, 0.15) is 12.4 Å². The lowest BCUT2D eigenvalue weighted by molar-refractivity contribution is 0.370. The molecule has 3 heteroatoms. The van der Waals surface area contributed by atoms with Crippen molar-refractivity contribution >= 4 is 28.6 Å². The molecular weight excluding hydrogens is 320 g/mol. The van der Waals surface area contributed by atoms with Gasteiger partial charge >= 0.3 is 0 Å². The highest BCUT2D eigenvalue weighted by atomic mass is 79.9. The highest BCUT2D eigenvalue weighted by Crippen LogP contribution is 2.31. The molecule has 0 heterocycles. The molecule has 0 aromatic heterocycles. The molecule has 0 spiro atoms. The topological polar surface area (TPSA) is 9.23 Å². The maximum atomic E-state index is 5.56. The minimum atomic E-state index is 0.396. The molecule has 0 atom stereocenters. The van der Waals surface area contributed by atoms with Gasteiger partial charge in [0.05, 0.1) is 0 Å². The van der Waals surface area contributed by atoms with Crippen LogP contribution in [0, 0.1) is 11.8 Å².